The van der Waals surface area contributed by atoms with Crippen LogP contribution in [0.3, 0.4) is 0 Å². The molecule has 0 unspecified atom stereocenters. The Balaban J connectivity index is 1.63. The molecule has 5 rings (SSSR count). The number of aromatic nitrogens is 1. The summed E-state index contributed by atoms with van der Waals surface area (Å²) < 4.78 is 0. The SMILES string of the molecule is CC(C)(C)c1cc(N=C2CCCc3cc4c(nc32)C(=Nc2cc(C(C)(C)C)cc(C(C)(C)C)c2)CCC4)cc(C(C)(C)C)c1. The summed E-state index contributed by atoms with van der Waals surface area (Å²) in [6.07, 6.45) is 6.29. The van der Waals surface area contributed by atoms with Gasteiger partial charge in [0.25, 0.3) is 0 Å². The standard InChI is InChI=1S/C41H55N3/c1-38(2,3)28-20-29(39(4,5)6)23-32(22-28)42-34-17-13-15-26-19-27-16-14-18-35(37(27)44-36(26)34)43-33-24-30(40(7,8)9)21-31(25-33)41(10,11)12/h19-25H,13-18H2,1-12H3. The highest BCUT2D eigenvalue weighted by atomic mass is 14.9. The maximum atomic E-state index is 5.43. The van der Waals surface area contributed by atoms with E-state index in [1.807, 2.05) is 0 Å². The smallest absolute Gasteiger partial charge is 0.0884 e. The first-order valence-electron chi connectivity index (χ1n) is 16.8. The van der Waals surface area contributed by atoms with Gasteiger partial charge < -0.3 is 0 Å². The molecule has 0 amide bonds. The summed E-state index contributed by atoms with van der Waals surface area (Å²) in [5, 5.41) is 0. The van der Waals surface area contributed by atoms with Gasteiger partial charge in [0.05, 0.1) is 34.2 Å². The predicted molar refractivity (Wildman–Crippen MR) is 190 cm³/mol. The Morgan fingerprint density at radius 3 is 1.05 bits per heavy atom. The van der Waals surface area contributed by atoms with Crippen molar-refractivity contribution in [2.24, 2.45) is 9.98 Å². The number of fused-ring (bicyclic) bond motifs is 2. The van der Waals surface area contributed by atoms with Crippen LogP contribution < -0.4 is 0 Å². The molecule has 0 atom stereocenters. The van der Waals surface area contributed by atoms with Crippen LogP contribution in [0, 0.1) is 0 Å². The quantitative estimate of drug-likeness (QED) is 0.293. The molecule has 234 valence electrons. The highest BCUT2D eigenvalue weighted by molar-refractivity contribution is 6.06. The van der Waals surface area contributed by atoms with Gasteiger partial charge in [-0.2, -0.15) is 0 Å². The van der Waals surface area contributed by atoms with Crippen molar-refractivity contribution in [1.29, 1.82) is 0 Å². The van der Waals surface area contributed by atoms with Crippen LogP contribution in [0.15, 0.2) is 52.4 Å². The van der Waals surface area contributed by atoms with Crippen LogP contribution in [0.1, 0.15) is 154 Å². The van der Waals surface area contributed by atoms with Gasteiger partial charge in [-0.3, -0.25) is 9.98 Å². The summed E-state index contributed by atoms with van der Waals surface area (Å²) in [6, 6.07) is 16.3. The van der Waals surface area contributed by atoms with Crippen LogP contribution in [0.5, 0.6) is 0 Å². The van der Waals surface area contributed by atoms with Crippen molar-refractivity contribution >= 4 is 22.8 Å². The lowest BCUT2D eigenvalue weighted by atomic mass is 9.80. The highest BCUT2D eigenvalue weighted by Gasteiger charge is 2.27. The Morgan fingerprint density at radius 1 is 0.432 bits per heavy atom. The average molecular weight is 590 g/mol. The third-order valence-corrected chi connectivity index (χ3v) is 9.27. The zero-order chi connectivity index (χ0) is 32.2. The molecule has 0 saturated carbocycles. The molecule has 3 nitrogen and oxygen atoms in total. The van der Waals surface area contributed by atoms with E-state index in [0.29, 0.717) is 0 Å². The second-order valence-electron chi connectivity index (χ2n) is 17.4. The lowest BCUT2D eigenvalue weighted by Crippen LogP contribution is -2.21. The lowest BCUT2D eigenvalue weighted by molar-refractivity contribution is 0.568. The fourth-order valence-corrected chi connectivity index (χ4v) is 6.23. The largest absolute Gasteiger partial charge is 0.251 e. The third kappa shape index (κ3) is 7.08. The summed E-state index contributed by atoms with van der Waals surface area (Å²) in [6.45, 7) is 27.5. The van der Waals surface area contributed by atoms with Gasteiger partial charge in [-0.1, -0.05) is 101 Å². The molecule has 2 aliphatic rings. The minimum Gasteiger partial charge on any atom is -0.251 e. The zero-order valence-corrected chi connectivity index (χ0v) is 29.6. The number of aryl methyl sites for hydroxylation is 2. The van der Waals surface area contributed by atoms with E-state index in [2.05, 4.69) is 126 Å². The van der Waals surface area contributed by atoms with E-state index in [-0.39, 0.29) is 21.7 Å². The molecule has 0 spiro atoms. The summed E-state index contributed by atoms with van der Waals surface area (Å²) in [4.78, 5) is 16.1. The Kier molecular flexibility index (Phi) is 8.36. The Bertz CT molecular complexity index is 1440. The Labute approximate surface area is 267 Å². The van der Waals surface area contributed by atoms with E-state index in [4.69, 9.17) is 15.0 Å². The number of nitrogens with zero attached hydrogens (tertiary/aromatic N) is 3. The lowest BCUT2D eigenvalue weighted by Gasteiger charge is -2.27. The molecule has 1 aromatic heterocycles. The molecule has 1 heterocycles. The minimum atomic E-state index is 0.0561. The van der Waals surface area contributed by atoms with Gasteiger partial charge in [0.15, 0.2) is 0 Å². The number of benzene rings is 2. The predicted octanol–water partition coefficient (Wildman–Crippen LogP) is 11.2. The van der Waals surface area contributed by atoms with Gasteiger partial charge in [0, 0.05) is 0 Å². The minimum absolute atomic E-state index is 0.0561. The van der Waals surface area contributed by atoms with E-state index in [1.165, 1.54) is 33.4 Å². The summed E-state index contributed by atoms with van der Waals surface area (Å²) >= 11 is 0. The van der Waals surface area contributed by atoms with E-state index >= 15 is 0 Å². The Morgan fingerprint density at radius 2 is 0.750 bits per heavy atom. The first-order valence-corrected chi connectivity index (χ1v) is 16.8. The van der Waals surface area contributed by atoms with Crippen LogP contribution >= 0.6 is 0 Å². The van der Waals surface area contributed by atoms with E-state index in [9.17, 15) is 0 Å². The van der Waals surface area contributed by atoms with E-state index in [0.717, 1.165) is 72.7 Å². The number of hydrogen-bond acceptors (Lipinski definition) is 3. The van der Waals surface area contributed by atoms with Crippen molar-refractivity contribution in [3.63, 3.8) is 0 Å². The first-order chi connectivity index (χ1) is 20.3. The molecule has 0 aliphatic heterocycles. The molecule has 0 N–H and O–H groups in total. The molecule has 3 aromatic rings. The number of aliphatic imine (C=N–C) groups is 2. The fourth-order valence-electron chi connectivity index (χ4n) is 6.23. The molecule has 0 saturated heterocycles. The van der Waals surface area contributed by atoms with E-state index < -0.39 is 0 Å². The van der Waals surface area contributed by atoms with Gasteiger partial charge in [0.2, 0.25) is 0 Å². The van der Waals surface area contributed by atoms with Gasteiger partial charge in [-0.15, -0.1) is 0 Å². The molecule has 2 aromatic carbocycles. The van der Waals surface area contributed by atoms with Gasteiger partial charge in [-0.25, -0.2) is 4.98 Å². The van der Waals surface area contributed by atoms with Gasteiger partial charge in [0.1, 0.15) is 0 Å². The molecule has 3 heteroatoms. The maximum absolute atomic E-state index is 5.43. The monoisotopic (exact) mass is 589 g/mol. The number of pyridine rings is 1. The molecule has 0 fully saturated rings. The molecular weight excluding hydrogens is 534 g/mol. The van der Waals surface area contributed by atoms with Crippen molar-refractivity contribution in [3.8, 4) is 0 Å². The number of hydrogen-bond donors (Lipinski definition) is 0. The average Bonchev–Trinajstić information content (AvgIpc) is 2.90. The molecule has 44 heavy (non-hydrogen) atoms. The van der Waals surface area contributed by atoms with Crippen LogP contribution in [-0.4, -0.2) is 16.4 Å². The second kappa shape index (κ2) is 11.4. The first kappa shape index (κ1) is 32.3. The van der Waals surface area contributed by atoms with Crippen LogP contribution in [-0.2, 0) is 34.5 Å². The second-order valence-corrected chi connectivity index (χ2v) is 17.4. The zero-order valence-electron chi connectivity index (χ0n) is 29.6. The van der Waals surface area contributed by atoms with Crippen LogP contribution in [0.4, 0.5) is 11.4 Å². The molecule has 0 radical (unpaired) electrons. The maximum Gasteiger partial charge on any atom is 0.0884 e. The fraction of sp³-hybridized carbons (Fsp3) is 0.537. The van der Waals surface area contributed by atoms with Crippen molar-refractivity contribution in [3.05, 3.63) is 87.2 Å². The number of rotatable bonds is 2. The van der Waals surface area contributed by atoms with Crippen LogP contribution in [0.2, 0.25) is 0 Å². The topological polar surface area (TPSA) is 37.6 Å². The van der Waals surface area contributed by atoms with Crippen LogP contribution in [0.25, 0.3) is 0 Å². The third-order valence-electron chi connectivity index (χ3n) is 9.27. The normalized spacial score (nSPS) is 18.0. The molecule has 0 bridgehead atoms. The van der Waals surface area contributed by atoms with Crippen molar-refractivity contribution in [2.45, 2.75) is 143 Å². The van der Waals surface area contributed by atoms with Crippen molar-refractivity contribution in [1.82, 2.24) is 4.98 Å². The Hall–Kier alpha value is -3.07. The summed E-state index contributed by atoms with van der Waals surface area (Å²) in [7, 11) is 0. The van der Waals surface area contributed by atoms with Crippen molar-refractivity contribution < 1.29 is 0 Å². The summed E-state index contributed by atoms with van der Waals surface area (Å²) in [5.74, 6) is 0. The summed E-state index contributed by atoms with van der Waals surface area (Å²) in [5.41, 5.74) is 14.8. The van der Waals surface area contributed by atoms with Gasteiger partial charge in [-0.05, 0) is 118 Å². The van der Waals surface area contributed by atoms with Crippen molar-refractivity contribution in [2.75, 3.05) is 0 Å². The highest BCUT2D eigenvalue weighted by Crippen LogP contribution is 2.37. The van der Waals surface area contributed by atoms with Gasteiger partial charge >= 0.3 is 0 Å². The molecule has 2 aliphatic carbocycles. The van der Waals surface area contributed by atoms with E-state index in [1.54, 1.807) is 0 Å². The molecular formula is C41H55N3.